The first-order valence-electron chi connectivity index (χ1n) is 3.07. The van der Waals surface area contributed by atoms with Crippen LogP contribution in [0.2, 0.25) is 0 Å². The van der Waals surface area contributed by atoms with Crippen LogP contribution in [0, 0.1) is 0 Å². The van der Waals surface area contributed by atoms with Gasteiger partial charge in [-0.25, -0.2) is 14.8 Å². The quantitative estimate of drug-likeness (QED) is 0.599. The van der Waals surface area contributed by atoms with E-state index in [-0.39, 0.29) is 5.69 Å². The van der Waals surface area contributed by atoms with E-state index in [1.54, 1.807) is 13.1 Å². The Bertz CT molecular complexity index is 283. The second-order valence-corrected chi connectivity index (χ2v) is 1.94. The first-order valence-corrected chi connectivity index (χ1v) is 3.07. The van der Waals surface area contributed by atoms with Gasteiger partial charge in [-0.1, -0.05) is 0 Å². The van der Waals surface area contributed by atoms with Crippen molar-refractivity contribution in [2.75, 3.05) is 19.2 Å². The van der Waals surface area contributed by atoms with Gasteiger partial charge in [0.2, 0.25) is 0 Å². The van der Waals surface area contributed by atoms with E-state index in [0.29, 0.717) is 5.82 Å². The minimum absolute atomic E-state index is 0.383. The van der Waals surface area contributed by atoms with E-state index >= 15 is 0 Å². The molecule has 5 nitrogen and oxygen atoms in total. The van der Waals surface area contributed by atoms with Crippen LogP contribution in [-0.4, -0.2) is 24.1 Å². The predicted molar refractivity (Wildman–Crippen MR) is 40.3 cm³/mol. The monoisotopic (exact) mass is 155 g/mol. The highest BCUT2D eigenvalue weighted by Crippen LogP contribution is 2.01. The summed E-state index contributed by atoms with van der Waals surface area (Å²) in [6, 6.07) is 1.64. The number of nitrogens with one attached hydrogen (secondary N) is 1. The number of aromatic nitrogens is 2. The molecule has 5 heteroatoms. The Morgan fingerprint density at radius 1 is 1.73 bits per heavy atom. The van der Waals surface area contributed by atoms with Crippen LogP contribution in [-0.2, 0) is 4.84 Å². The summed E-state index contributed by atoms with van der Waals surface area (Å²) in [5.41, 5.74) is -0.383. The lowest BCUT2D eigenvalue weighted by Gasteiger charge is -2.13. The molecule has 0 saturated carbocycles. The average molecular weight is 155 g/mol. The minimum atomic E-state index is -0.383. The predicted octanol–water partition coefficient (Wildman–Crippen LogP) is -0.233. The van der Waals surface area contributed by atoms with Crippen molar-refractivity contribution >= 4 is 5.82 Å². The Hall–Kier alpha value is -1.36. The van der Waals surface area contributed by atoms with Gasteiger partial charge < -0.3 is 0 Å². The lowest BCUT2D eigenvalue weighted by atomic mass is 10.6. The van der Waals surface area contributed by atoms with Gasteiger partial charge in [0.1, 0.15) is 5.82 Å². The van der Waals surface area contributed by atoms with Crippen molar-refractivity contribution < 1.29 is 4.84 Å². The fourth-order valence-electron chi connectivity index (χ4n) is 0.641. The third-order valence-electron chi connectivity index (χ3n) is 1.27. The SMILES string of the molecule is CON(C)c1ccnc(=O)[nH]1. The highest BCUT2D eigenvalue weighted by Gasteiger charge is 1.97. The minimum Gasteiger partial charge on any atom is -0.290 e. The number of hydrogen-bond acceptors (Lipinski definition) is 4. The highest BCUT2D eigenvalue weighted by molar-refractivity contribution is 5.31. The van der Waals surface area contributed by atoms with Gasteiger partial charge in [0, 0.05) is 13.2 Å². The molecule has 1 rings (SSSR count). The maximum Gasteiger partial charge on any atom is 0.346 e. The maximum atomic E-state index is 10.7. The summed E-state index contributed by atoms with van der Waals surface area (Å²) in [5, 5.41) is 1.43. The third kappa shape index (κ3) is 1.78. The molecule has 0 aliphatic rings. The lowest BCUT2D eigenvalue weighted by molar-refractivity contribution is 0.182. The van der Waals surface area contributed by atoms with Crippen molar-refractivity contribution in [1.82, 2.24) is 9.97 Å². The summed E-state index contributed by atoms with van der Waals surface area (Å²) in [5.74, 6) is 0.576. The molecule has 1 N–H and O–H groups in total. The lowest BCUT2D eigenvalue weighted by Crippen LogP contribution is -2.20. The Morgan fingerprint density at radius 3 is 3.00 bits per heavy atom. The van der Waals surface area contributed by atoms with Crippen LogP contribution >= 0.6 is 0 Å². The molecule has 0 unspecified atom stereocenters. The summed E-state index contributed by atoms with van der Waals surface area (Å²) in [6.07, 6.45) is 1.42. The van der Waals surface area contributed by atoms with Crippen molar-refractivity contribution in [3.63, 3.8) is 0 Å². The van der Waals surface area contributed by atoms with Gasteiger partial charge in [0.25, 0.3) is 0 Å². The fraction of sp³-hybridized carbons (Fsp3) is 0.333. The summed E-state index contributed by atoms with van der Waals surface area (Å²) in [4.78, 5) is 21.4. The molecular formula is C6H9N3O2. The molecule has 0 atom stereocenters. The van der Waals surface area contributed by atoms with Gasteiger partial charge in [0.05, 0.1) is 7.11 Å². The third-order valence-corrected chi connectivity index (χ3v) is 1.27. The molecule has 0 amide bonds. The van der Waals surface area contributed by atoms with E-state index in [1.807, 2.05) is 0 Å². The first-order chi connectivity index (χ1) is 5.24. The van der Waals surface area contributed by atoms with Gasteiger partial charge >= 0.3 is 5.69 Å². The number of anilines is 1. The van der Waals surface area contributed by atoms with Gasteiger partial charge in [-0.05, 0) is 6.07 Å². The molecule has 11 heavy (non-hydrogen) atoms. The van der Waals surface area contributed by atoms with Crippen molar-refractivity contribution in [1.29, 1.82) is 0 Å². The zero-order chi connectivity index (χ0) is 8.27. The van der Waals surface area contributed by atoms with E-state index in [4.69, 9.17) is 4.84 Å². The van der Waals surface area contributed by atoms with Crippen molar-refractivity contribution in [2.24, 2.45) is 0 Å². The standard InChI is InChI=1S/C6H9N3O2/c1-9(11-2)5-3-4-7-6(10)8-5/h3-4H,1-2H3,(H,7,8,10). The van der Waals surface area contributed by atoms with Crippen LogP contribution in [0.15, 0.2) is 17.1 Å². The summed E-state index contributed by atoms with van der Waals surface area (Å²) in [6.45, 7) is 0. The van der Waals surface area contributed by atoms with E-state index in [9.17, 15) is 4.79 Å². The van der Waals surface area contributed by atoms with Crippen LogP contribution in [0.25, 0.3) is 0 Å². The molecule has 0 fully saturated rings. The van der Waals surface area contributed by atoms with E-state index < -0.39 is 0 Å². The van der Waals surface area contributed by atoms with Crippen LogP contribution in [0.5, 0.6) is 0 Å². The van der Waals surface area contributed by atoms with Gasteiger partial charge in [-0.15, -0.1) is 0 Å². The zero-order valence-electron chi connectivity index (χ0n) is 6.37. The van der Waals surface area contributed by atoms with E-state index in [0.717, 1.165) is 0 Å². The summed E-state index contributed by atoms with van der Waals surface area (Å²) >= 11 is 0. The number of rotatable bonds is 2. The average Bonchev–Trinajstić information content (AvgIpc) is 2.03. The molecule has 60 valence electrons. The maximum absolute atomic E-state index is 10.7. The molecule has 0 saturated heterocycles. The Kier molecular flexibility index (Phi) is 2.22. The topological polar surface area (TPSA) is 58.2 Å². The molecular weight excluding hydrogens is 146 g/mol. The van der Waals surface area contributed by atoms with Crippen LogP contribution in [0.3, 0.4) is 0 Å². The second-order valence-electron chi connectivity index (χ2n) is 1.94. The number of aromatic amines is 1. The van der Waals surface area contributed by atoms with Gasteiger partial charge in [0.15, 0.2) is 0 Å². The smallest absolute Gasteiger partial charge is 0.290 e. The number of H-pyrrole nitrogens is 1. The van der Waals surface area contributed by atoms with Crippen molar-refractivity contribution in [3.8, 4) is 0 Å². The Morgan fingerprint density at radius 2 is 2.45 bits per heavy atom. The highest BCUT2D eigenvalue weighted by atomic mass is 16.7. The summed E-state index contributed by atoms with van der Waals surface area (Å²) < 4.78 is 0. The Labute approximate surface area is 63.6 Å². The van der Waals surface area contributed by atoms with Gasteiger partial charge in [-0.2, -0.15) is 0 Å². The van der Waals surface area contributed by atoms with Crippen LogP contribution in [0.1, 0.15) is 0 Å². The van der Waals surface area contributed by atoms with Gasteiger partial charge in [-0.3, -0.25) is 9.82 Å². The van der Waals surface area contributed by atoms with Crippen LogP contribution in [0.4, 0.5) is 5.82 Å². The van der Waals surface area contributed by atoms with Crippen molar-refractivity contribution in [3.05, 3.63) is 22.7 Å². The number of nitrogens with zero attached hydrogens (tertiary/aromatic N) is 2. The first kappa shape index (κ1) is 7.74. The molecule has 0 bridgehead atoms. The van der Waals surface area contributed by atoms with E-state index in [1.165, 1.54) is 18.4 Å². The van der Waals surface area contributed by atoms with Crippen LogP contribution < -0.4 is 10.8 Å². The molecule has 1 aromatic heterocycles. The number of hydroxylamine groups is 1. The van der Waals surface area contributed by atoms with E-state index in [2.05, 4.69) is 9.97 Å². The largest absolute Gasteiger partial charge is 0.346 e. The van der Waals surface area contributed by atoms with Crippen molar-refractivity contribution in [2.45, 2.75) is 0 Å². The molecule has 1 aromatic rings. The fourth-order valence-corrected chi connectivity index (χ4v) is 0.641. The Balaban J connectivity index is 2.96. The molecule has 1 heterocycles. The molecule has 0 aliphatic heterocycles. The number of hydrogen-bond donors (Lipinski definition) is 1. The summed E-state index contributed by atoms with van der Waals surface area (Å²) in [7, 11) is 3.20. The zero-order valence-corrected chi connectivity index (χ0v) is 6.37. The molecule has 0 radical (unpaired) electrons. The molecule has 0 spiro atoms. The second kappa shape index (κ2) is 3.16. The molecule has 0 aliphatic carbocycles. The normalized spacial score (nSPS) is 9.64. The molecule has 0 aromatic carbocycles.